The van der Waals surface area contributed by atoms with Crippen LogP contribution in [0.5, 0.6) is 0 Å². The first-order valence-corrected chi connectivity index (χ1v) is 7.74. The van der Waals surface area contributed by atoms with Crippen molar-refractivity contribution < 1.29 is 0 Å². The van der Waals surface area contributed by atoms with Crippen LogP contribution in [0.1, 0.15) is 57.8 Å². The maximum Gasteiger partial charge on any atom is 0.109 e. The first-order valence-electron chi connectivity index (χ1n) is 7.74. The van der Waals surface area contributed by atoms with Gasteiger partial charge in [-0.3, -0.25) is 5.32 Å². The summed E-state index contributed by atoms with van der Waals surface area (Å²) in [6, 6.07) is 3.92. The zero-order chi connectivity index (χ0) is 12.4. The Morgan fingerprint density at radius 1 is 1.06 bits per heavy atom. The molecule has 2 heterocycles. The molecule has 2 aliphatic heterocycles. The molecule has 0 spiro atoms. The molecular formula is C15H25N3. The highest BCUT2D eigenvalue weighted by molar-refractivity contribution is 5.13. The Morgan fingerprint density at radius 3 is 2.67 bits per heavy atom. The van der Waals surface area contributed by atoms with Gasteiger partial charge in [0, 0.05) is 18.6 Å². The van der Waals surface area contributed by atoms with Crippen LogP contribution >= 0.6 is 0 Å². The van der Waals surface area contributed by atoms with Crippen molar-refractivity contribution in [3.63, 3.8) is 0 Å². The summed E-state index contributed by atoms with van der Waals surface area (Å²) in [5.74, 6) is 0. The smallest absolute Gasteiger partial charge is 0.109 e. The SMILES string of the molecule is N#CC1(NC2CCCCC2)CCN2CCCC2C1. The number of fused-ring (bicyclic) bond motifs is 1. The maximum absolute atomic E-state index is 9.66. The van der Waals surface area contributed by atoms with Crippen LogP contribution < -0.4 is 5.32 Å². The number of piperidine rings is 1. The van der Waals surface area contributed by atoms with E-state index >= 15 is 0 Å². The van der Waals surface area contributed by atoms with Gasteiger partial charge in [0.1, 0.15) is 5.54 Å². The Balaban J connectivity index is 1.64. The monoisotopic (exact) mass is 247 g/mol. The number of hydrogen-bond donors (Lipinski definition) is 1. The molecule has 0 radical (unpaired) electrons. The van der Waals surface area contributed by atoms with Crippen molar-refractivity contribution in [1.29, 1.82) is 5.26 Å². The molecule has 3 rings (SSSR count). The molecule has 3 fully saturated rings. The fraction of sp³-hybridized carbons (Fsp3) is 0.933. The average Bonchev–Trinajstić information content (AvgIpc) is 2.87. The molecule has 18 heavy (non-hydrogen) atoms. The van der Waals surface area contributed by atoms with Crippen LogP contribution in [-0.4, -0.2) is 35.6 Å². The topological polar surface area (TPSA) is 39.1 Å². The van der Waals surface area contributed by atoms with Gasteiger partial charge in [-0.25, -0.2) is 0 Å². The van der Waals surface area contributed by atoms with E-state index in [4.69, 9.17) is 0 Å². The third-order valence-corrected chi connectivity index (χ3v) is 5.21. The molecule has 0 aromatic rings. The Hall–Kier alpha value is -0.590. The van der Waals surface area contributed by atoms with Gasteiger partial charge in [0.25, 0.3) is 0 Å². The van der Waals surface area contributed by atoms with Crippen molar-refractivity contribution in [1.82, 2.24) is 10.2 Å². The number of nitriles is 1. The summed E-state index contributed by atoms with van der Waals surface area (Å²) in [5.41, 5.74) is -0.215. The highest BCUT2D eigenvalue weighted by atomic mass is 15.2. The molecule has 1 aliphatic carbocycles. The molecule has 2 saturated heterocycles. The molecule has 0 aromatic heterocycles. The minimum Gasteiger partial charge on any atom is -0.300 e. The van der Waals surface area contributed by atoms with Gasteiger partial charge < -0.3 is 4.90 Å². The Morgan fingerprint density at radius 2 is 1.89 bits per heavy atom. The van der Waals surface area contributed by atoms with Crippen LogP contribution in [0, 0.1) is 11.3 Å². The molecule has 3 aliphatic rings. The number of nitrogens with zero attached hydrogens (tertiary/aromatic N) is 2. The van der Waals surface area contributed by atoms with Gasteiger partial charge in [0.2, 0.25) is 0 Å². The average molecular weight is 247 g/mol. The summed E-state index contributed by atoms with van der Waals surface area (Å²) in [4.78, 5) is 2.60. The van der Waals surface area contributed by atoms with E-state index in [1.807, 2.05) is 0 Å². The third-order valence-electron chi connectivity index (χ3n) is 5.21. The second kappa shape index (κ2) is 5.19. The predicted octanol–water partition coefficient (Wildman–Crippen LogP) is 2.43. The first kappa shape index (κ1) is 12.4. The molecule has 0 aromatic carbocycles. The second-order valence-corrected chi connectivity index (χ2v) is 6.46. The van der Waals surface area contributed by atoms with Gasteiger partial charge in [0.15, 0.2) is 0 Å². The van der Waals surface area contributed by atoms with Crippen LogP contribution in [-0.2, 0) is 0 Å². The molecule has 1 N–H and O–H groups in total. The van der Waals surface area contributed by atoms with E-state index in [0.29, 0.717) is 12.1 Å². The van der Waals surface area contributed by atoms with Crippen LogP contribution in [0.2, 0.25) is 0 Å². The Kier molecular flexibility index (Phi) is 3.59. The Bertz CT molecular complexity index is 329. The van der Waals surface area contributed by atoms with Gasteiger partial charge >= 0.3 is 0 Å². The molecule has 2 unspecified atom stereocenters. The lowest BCUT2D eigenvalue weighted by atomic mass is 9.82. The molecule has 0 bridgehead atoms. The standard InChI is InChI=1S/C15H25N3/c16-12-15(17-13-5-2-1-3-6-13)8-10-18-9-4-7-14(18)11-15/h13-14,17H,1-11H2. The largest absolute Gasteiger partial charge is 0.300 e. The summed E-state index contributed by atoms with van der Waals surface area (Å²) in [6.45, 7) is 2.38. The Labute approximate surface area is 111 Å². The first-order chi connectivity index (χ1) is 8.81. The summed E-state index contributed by atoms with van der Waals surface area (Å²) in [5, 5.41) is 13.4. The van der Waals surface area contributed by atoms with Crippen molar-refractivity contribution in [3.05, 3.63) is 0 Å². The molecule has 2 atom stereocenters. The quantitative estimate of drug-likeness (QED) is 0.814. The lowest BCUT2D eigenvalue weighted by molar-refractivity contribution is 0.123. The lowest BCUT2D eigenvalue weighted by Gasteiger charge is -2.43. The zero-order valence-electron chi connectivity index (χ0n) is 11.3. The molecular weight excluding hydrogens is 222 g/mol. The van der Waals surface area contributed by atoms with Crippen molar-refractivity contribution in [3.8, 4) is 6.07 Å². The van der Waals surface area contributed by atoms with E-state index < -0.39 is 0 Å². The van der Waals surface area contributed by atoms with Gasteiger partial charge in [-0.1, -0.05) is 19.3 Å². The van der Waals surface area contributed by atoms with Crippen molar-refractivity contribution in [2.24, 2.45) is 0 Å². The summed E-state index contributed by atoms with van der Waals surface area (Å²) in [6.07, 6.45) is 11.3. The van der Waals surface area contributed by atoms with E-state index in [0.717, 1.165) is 19.4 Å². The normalized spacial score (nSPS) is 38.3. The van der Waals surface area contributed by atoms with E-state index in [2.05, 4.69) is 16.3 Å². The minimum atomic E-state index is -0.215. The van der Waals surface area contributed by atoms with E-state index in [1.54, 1.807) is 0 Å². The summed E-state index contributed by atoms with van der Waals surface area (Å²) in [7, 11) is 0. The molecule has 0 amide bonds. The second-order valence-electron chi connectivity index (χ2n) is 6.46. The van der Waals surface area contributed by atoms with Gasteiger partial charge in [-0.2, -0.15) is 5.26 Å². The van der Waals surface area contributed by atoms with Crippen molar-refractivity contribution in [2.45, 2.75) is 75.4 Å². The third kappa shape index (κ3) is 2.41. The summed E-state index contributed by atoms with van der Waals surface area (Å²) >= 11 is 0. The van der Waals surface area contributed by atoms with E-state index in [-0.39, 0.29) is 5.54 Å². The lowest BCUT2D eigenvalue weighted by Crippen LogP contribution is -2.57. The molecule has 1 saturated carbocycles. The van der Waals surface area contributed by atoms with Gasteiger partial charge in [0.05, 0.1) is 6.07 Å². The van der Waals surface area contributed by atoms with Crippen molar-refractivity contribution >= 4 is 0 Å². The number of nitrogens with one attached hydrogen (secondary N) is 1. The molecule has 3 nitrogen and oxygen atoms in total. The van der Waals surface area contributed by atoms with Gasteiger partial charge in [-0.05, 0) is 45.1 Å². The zero-order valence-corrected chi connectivity index (χ0v) is 11.3. The number of hydrogen-bond acceptors (Lipinski definition) is 3. The fourth-order valence-electron chi connectivity index (χ4n) is 4.16. The van der Waals surface area contributed by atoms with Crippen LogP contribution in [0.25, 0.3) is 0 Å². The van der Waals surface area contributed by atoms with Crippen molar-refractivity contribution in [2.75, 3.05) is 13.1 Å². The minimum absolute atomic E-state index is 0.215. The molecule has 100 valence electrons. The van der Waals surface area contributed by atoms with Crippen LogP contribution in [0.15, 0.2) is 0 Å². The highest BCUT2D eigenvalue weighted by Crippen LogP contribution is 2.34. The number of rotatable bonds is 2. The fourth-order valence-corrected chi connectivity index (χ4v) is 4.16. The molecule has 3 heteroatoms. The summed E-state index contributed by atoms with van der Waals surface area (Å²) < 4.78 is 0. The van der Waals surface area contributed by atoms with E-state index in [1.165, 1.54) is 51.5 Å². The van der Waals surface area contributed by atoms with Crippen LogP contribution in [0.3, 0.4) is 0 Å². The maximum atomic E-state index is 9.66. The van der Waals surface area contributed by atoms with Gasteiger partial charge in [-0.15, -0.1) is 0 Å². The van der Waals surface area contributed by atoms with E-state index in [9.17, 15) is 5.26 Å². The van der Waals surface area contributed by atoms with Crippen LogP contribution in [0.4, 0.5) is 0 Å². The highest BCUT2D eigenvalue weighted by Gasteiger charge is 2.42. The predicted molar refractivity (Wildman–Crippen MR) is 72.2 cm³/mol.